The molecule has 0 radical (unpaired) electrons. The van der Waals surface area contributed by atoms with Crippen molar-refractivity contribution >= 4 is 21.8 Å². The quantitative estimate of drug-likeness (QED) is 0.263. The minimum Gasteiger partial charge on any atom is -0.439 e. The Labute approximate surface area is 204 Å². The molecule has 6 aromatic rings. The fraction of sp³-hybridized carbons (Fsp3) is 0.0968. The monoisotopic (exact) mass is 455 g/mol. The molecule has 0 unspecified atom stereocenters. The van der Waals surface area contributed by atoms with Crippen molar-refractivity contribution in [3.8, 4) is 28.6 Å². The molecule has 0 aliphatic rings. The summed E-state index contributed by atoms with van der Waals surface area (Å²) in [6.07, 6.45) is 3.61. The molecular formula is C31H25N3O. The molecule has 35 heavy (non-hydrogen) atoms. The molecule has 0 atom stereocenters. The molecule has 0 saturated heterocycles. The van der Waals surface area contributed by atoms with Gasteiger partial charge in [-0.1, -0.05) is 68.4 Å². The van der Waals surface area contributed by atoms with E-state index in [2.05, 4.69) is 84.1 Å². The van der Waals surface area contributed by atoms with Crippen LogP contribution in [0.4, 0.5) is 0 Å². The highest BCUT2D eigenvalue weighted by molar-refractivity contribution is 6.10. The Morgan fingerprint density at radius 3 is 2.31 bits per heavy atom. The van der Waals surface area contributed by atoms with E-state index in [-0.39, 0.29) is 0 Å². The number of ether oxygens (including phenoxy) is 1. The Bertz CT molecular complexity index is 1650. The van der Waals surface area contributed by atoms with Gasteiger partial charge in [-0.2, -0.15) is 0 Å². The topological polar surface area (TPSA) is 39.9 Å². The largest absolute Gasteiger partial charge is 0.439 e. The smallest absolute Gasteiger partial charge is 0.219 e. The van der Waals surface area contributed by atoms with E-state index in [0.29, 0.717) is 11.8 Å². The molecule has 170 valence electrons. The van der Waals surface area contributed by atoms with E-state index in [1.165, 1.54) is 16.3 Å². The number of para-hydroxylation sites is 1. The second-order valence-electron chi connectivity index (χ2n) is 8.95. The molecule has 3 heterocycles. The lowest BCUT2D eigenvalue weighted by molar-refractivity contribution is 0.463. The zero-order chi connectivity index (χ0) is 23.8. The van der Waals surface area contributed by atoms with Gasteiger partial charge in [0.2, 0.25) is 5.88 Å². The Morgan fingerprint density at radius 1 is 0.657 bits per heavy atom. The van der Waals surface area contributed by atoms with Gasteiger partial charge < -0.3 is 4.74 Å². The fourth-order valence-electron chi connectivity index (χ4n) is 4.69. The van der Waals surface area contributed by atoms with Gasteiger partial charge in [-0.15, -0.1) is 0 Å². The van der Waals surface area contributed by atoms with Gasteiger partial charge in [-0.05, 0) is 59.0 Å². The van der Waals surface area contributed by atoms with Crippen LogP contribution in [0.2, 0.25) is 0 Å². The zero-order valence-corrected chi connectivity index (χ0v) is 19.7. The average molecular weight is 456 g/mol. The second kappa shape index (κ2) is 8.73. The standard InChI is InChI=1S/C31H25N3O/c1-21(2)25-12-8-18-33-31(25)34-28-13-4-3-11-26(28)27-16-15-23(20-29(27)34)22-9-7-10-24(19-22)35-30-14-5-6-17-32-30/h3-21H,1-2H3. The summed E-state index contributed by atoms with van der Waals surface area (Å²) in [4.78, 5) is 9.12. The van der Waals surface area contributed by atoms with Crippen LogP contribution in [0.25, 0.3) is 38.8 Å². The first-order valence-electron chi connectivity index (χ1n) is 11.9. The number of hydrogen-bond donors (Lipinski definition) is 0. The third kappa shape index (κ3) is 3.83. The summed E-state index contributed by atoms with van der Waals surface area (Å²) in [5.41, 5.74) is 5.73. The van der Waals surface area contributed by atoms with Crippen LogP contribution in [0.1, 0.15) is 25.3 Å². The Hall–Kier alpha value is -4.44. The second-order valence-corrected chi connectivity index (χ2v) is 8.95. The van der Waals surface area contributed by atoms with Crippen molar-refractivity contribution in [3.63, 3.8) is 0 Å². The van der Waals surface area contributed by atoms with Crippen molar-refractivity contribution in [1.29, 1.82) is 0 Å². The first-order valence-corrected chi connectivity index (χ1v) is 11.9. The van der Waals surface area contributed by atoms with Gasteiger partial charge >= 0.3 is 0 Å². The minimum atomic E-state index is 0.360. The molecule has 4 nitrogen and oxygen atoms in total. The van der Waals surface area contributed by atoms with Gasteiger partial charge in [-0.3, -0.25) is 4.57 Å². The van der Waals surface area contributed by atoms with Gasteiger partial charge in [0, 0.05) is 29.2 Å². The fourth-order valence-corrected chi connectivity index (χ4v) is 4.69. The third-order valence-electron chi connectivity index (χ3n) is 6.35. The van der Waals surface area contributed by atoms with E-state index >= 15 is 0 Å². The maximum atomic E-state index is 5.98. The number of pyridine rings is 2. The van der Waals surface area contributed by atoms with Crippen LogP contribution >= 0.6 is 0 Å². The summed E-state index contributed by atoms with van der Waals surface area (Å²) >= 11 is 0. The van der Waals surface area contributed by atoms with Gasteiger partial charge in [0.15, 0.2) is 0 Å². The Morgan fingerprint density at radius 2 is 1.46 bits per heavy atom. The van der Waals surface area contributed by atoms with Crippen molar-refractivity contribution in [2.45, 2.75) is 19.8 Å². The van der Waals surface area contributed by atoms with Crippen molar-refractivity contribution < 1.29 is 4.74 Å². The minimum absolute atomic E-state index is 0.360. The van der Waals surface area contributed by atoms with E-state index in [9.17, 15) is 0 Å². The summed E-state index contributed by atoms with van der Waals surface area (Å²) in [6, 6.07) is 33.2. The molecular weight excluding hydrogens is 430 g/mol. The molecule has 0 bridgehead atoms. The summed E-state index contributed by atoms with van der Waals surface area (Å²) in [5.74, 6) is 2.68. The molecule has 0 aliphatic heterocycles. The van der Waals surface area contributed by atoms with Crippen LogP contribution < -0.4 is 4.74 Å². The van der Waals surface area contributed by atoms with E-state index in [1.54, 1.807) is 6.20 Å². The first-order chi connectivity index (χ1) is 17.2. The van der Waals surface area contributed by atoms with Gasteiger partial charge in [0.05, 0.1) is 11.0 Å². The lowest BCUT2D eigenvalue weighted by Gasteiger charge is -2.15. The molecule has 0 N–H and O–H groups in total. The summed E-state index contributed by atoms with van der Waals surface area (Å²) in [6.45, 7) is 4.43. The predicted molar refractivity (Wildman–Crippen MR) is 142 cm³/mol. The summed E-state index contributed by atoms with van der Waals surface area (Å²) in [5, 5.41) is 2.44. The van der Waals surface area contributed by atoms with E-state index in [4.69, 9.17) is 9.72 Å². The highest BCUT2D eigenvalue weighted by atomic mass is 16.5. The molecule has 3 aromatic carbocycles. The lowest BCUT2D eigenvalue weighted by Crippen LogP contribution is -2.03. The number of fused-ring (bicyclic) bond motifs is 3. The zero-order valence-electron chi connectivity index (χ0n) is 19.7. The summed E-state index contributed by atoms with van der Waals surface area (Å²) in [7, 11) is 0. The highest BCUT2D eigenvalue weighted by Crippen LogP contribution is 2.36. The predicted octanol–water partition coefficient (Wildman–Crippen LogP) is 8.16. The van der Waals surface area contributed by atoms with E-state index in [1.807, 2.05) is 42.6 Å². The normalized spacial score (nSPS) is 11.4. The molecule has 0 fully saturated rings. The van der Waals surface area contributed by atoms with Crippen LogP contribution in [-0.4, -0.2) is 14.5 Å². The molecule has 0 saturated carbocycles. The van der Waals surface area contributed by atoms with E-state index in [0.717, 1.165) is 33.7 Å². The van der Waals surface area contributed by atoms with Crippen LogP contribution in [0.5, 0.6) is 11.6 Å². The SMILES string of the molecule is CC(C)c1cccnc1-n1c2ccccc2c2ccc(-c3cccc(Oc4ccccn4)c3)cc21. The van der Waals surface area contributed by atoms with Gasteiger partial charge in [-0.25, -0.2) is 9.97 Å². The first kappa shape index (κ1) is 21.1. The van der Waals surface area contributed by atoms with Crippen molar-refractivity contribution in [1.82, 2.24) is 14.5 Å². The third-order valence-corrected chi connectivity index (χ3v) is 6.35. The number of hydrogen-bond acceptors (Lipinski definition) is 3. The Kier molecular flexibility index (Phi) is 5.27. The van der Waals surface area contributed by atoms with Crippen molar-refractivity contribution in [2.75, 3.05) is 0 Å². The van der Waals surface area contributed by atoms with Crippen LogP contribution in [0, 0.1) is 0 Å². The highest BCUT2D eigenvalue weighted by Gasteiger charge is 2.17. The van der Waals surface area contributed by atoms with Crippen LogP contribution in [0.15, 0.2) is 109 Å². The van der Waals surface area contributed by atoms with Crippen molar-refractivity contribution in [3.05, 3.63) is 115 Å². The van der Waals surface area contributed by atoms with Crippen LogP contribution in [0.3, 0.4) is 0 Å². The molecule has 4 heteroatoms. The Balaban J connectivity index is 1.53. The number of aromatic nitrogens is 3. The average Bonchev–Trinajstić information content (AvgIpc) is 3.23. The molecule has 0 amide bonds. The van der Waals surface area contributed by atoms with Gasteiger partial charge in [0.25, 0.3) is 0 Å². The number of rotatable bonds is 5. The maximum absolute atomic E-state index is 5.98. The van der Waals surface area contributed by atoms with E-state index < -0.39 is 0 Å². The number of benzene rings is 3. The molecule has 3 aromatic heterocycles. The molecule has 0 aliphatic carbocycles. The molecule has 6 rings (SSSR count). The van der Waals surface area contributed by atoms with Crippen LogP contribution in [-0.2, 0) is 0 Å². The number of nitrogens with zero attached hydrogens (tertiary/aromatic N) is 3. The van der Waals surface area contributed by atoms with Gasteiger partial charge in [0.1, 0.15) is 11.6 Å². The summed E-state index contributed by atoms with van der Waals surface area (Å²) < 4.78 is 8.29. The maximum Gasteiger partial charge on any atom is 0.219 e. The van der Waals surface area contributed by atoms with Crippen molar-refractivity contribution in [2.24, 2.45) is 0 Å². The molecule has 0 spiro atoms. The lowest BCUT2D eigenvalue weighted by atomic mass is 10.0.